The van der Waals surface area contributed by atoms with Gasteiger partial charge >= 0.3 is 11.9 Å². The van der Waals surface area contributed by atoms with Crippen LogP contribution in [-0.2, 0) is 20.7 Å². The number of aromatic nitrogens is 2. The molecule has 0 radical (unpaired) electrons. The van der Waals surface area contributed by atoms with Gasteiger partial charge in [-0.05, 0) is 107 Å². The summed E-state index contributed by atoms with van der Waals surface area (Å²) in [6.07, 6.45) is 3.49. The molecule has 1 N–H and O–H groups in total. The summed E-state index contributed by atoms with van der Waals surface area (Å²) in [5.41, 5.74) is 2.35. The number of anilines is 1. The van der Waals surface area contributed by atoms with Crippen LogP contribution in [0.2, 0.25) is 5.02 Å². The van der Waals surface area contributed by atoms with Crippen LogP contribution in [0.3, 0.4) is 0 Å². The maximum absolute atomic E-state index is 16.6. The van der Waals surface area contributed by atoms with Crippen molar-refractivity contribution >= 4 is 56.9 Å². The number of rotatable bonds is 10. The highest BCUT2D eigenvalue weighted by molar-refractivity contribution is 6.30. The van der Waals surface area contributed by atoms with Gasteiger partial charge in [0.1, 0.15) is 17.0 Å². The minimum Gasteiger partial charge on any atom is -0.497 e. The summed E-state index contributed by atoms with van der Waals surface area (Å²) in [6.45, 7) is 6.41. The van der Waals surface area contributed by atoms with Gasteiger partial charge in [0, 0.05) is 58.1 Å². The average molecular weight is 799 g/mol. The van der Waals surface area contributed by atoms with Crippen LogP contribution in [0.4, 0.5) is 10.1 Å². The number of pyridine rings is 1. The maximum Gasteiger partial charge on any atom is 0.346 e. The summed E-state index contributed by atoms with van der Waals surface area (Å²) in [7, 11) is 3.00. The SMILES string of the molecule is COc1ccc2c(c1)c(CC(=O)OCOC(=O)c1c(C)n(C3CC3)c3c(OC)c(N4CC5CCCNC5C4)c(F)c(C)c3c1=O)c(C)n2C(=O)c1ccc(Cl)cc1. The van der Waals surface area contributed by atoms with E-state index in [0.717, 1.165) is 32.2 Å². The number of piperidine rings is 1. The van der Waals surface area contributed by atoms with Crippen molar-refractivity contribution in [2.45, 2.75) is 65.0 Å². The standard InChI is InChI=1S/C43H44ClFN4O8/c1-22-35-38(41(55-5)39(37(22)45)47-19-26-7-6-16-46-32(26)20-47)48(28-12-13-28)24(3)36(40(35)51)43(53)57-21-56-34(50)18-30-23(2)49(33-15-14-29(54-4)17-31(30)33)42(52)25-8-10-27(44)11-9-25/h8-11,14-15,17,26,28,32,46H,6-7,12-13,16,18-21H2,1-5H3. The first-order chi connectivity index (χ1) is 27.4. The second kappa shape index (κ2) is 15.2. The Kier molecular flexibility index (Phi) is 10.2. The van der Waals surface area contributed by atoms with Gasteiger partial charge in [-0.25, -0.2) is 9.18 Å². The zero-order chi connectivity index (χ0) is 40.3. The molecule has 57 heavy (non-hydrogen) atoms. The number of carbonyl (C=O) groups excluding carboxylic acids is 3. The number of aryl methyl sites for hydroxylation is 1. The molecule has 3 aromatic carbocycles. The van der Waals surface area contributed by atoms with Gasteiger partial charge in [0.2, 0.25) is 12.2 Å². The van der Waals surface area contributed by atoms with Crippen molar-refractivity contribution < 1.29 is 37.7 Å². The average Bonchev–Trinajstić information content (AvgIpc) is 3.88. The van der Waals surface area contributed by atoms with Crippen LogP contribution in [-0.4, -0.2) is 73.7 Å². The van der Waals surface area contributed by atoms with E-state index in [1.807, 2.05) is 9.47 Å². The van der Waals surface area contributed by atoms with E-state index in [4.69, 9.17) is 30.5 Å². The Morgan fingerprint density at radius 2 is 1.70 bits per heavy atom. The van der Waals surface area contributed by atoms with Gasteiger partial charge in [-0.2, -0.15) is 0 Å². The third-order valence-corrected chi connectivity index (χ3v) is 12.1. The number of fused-ring (bicyclic) bond motifs is 3. The minimum atomic E-state index is -0.995. The molecule has 0 spiro atoms. The highest BCUT2D eigenvalue weighted by Gasteiger charge is 2.40. The number of nitrogens with zero attached hydrogens (tertiary/aromatic N) is 3. The third-order valence-electron chi connectivity index (χ3n) is 11.8. The molecule has 2 saturated heterocycles. The maximum atomic E-state index is 16.6. The Labute approximate surface area is 333 Å². The number of halogens is 2. The topological polar surface area (TPSA) is 130 Å². The number of carbonyl (C=O) groups is 3. The van der Waals surface area contributed by atoms with Crippen LogP contribution in [0.25, 0.3) is 21.8 Å². The van der Waals surface area contributed by atoms with Gasteiger partial charge in [0.15, 0.2) is 11.6 Å². The molecule has 2 aliphatic heterocycles. The van der Waals surface area contributed by atoms with Crippen molar-refractivity contribution in [3.05, 3.63) is 97.2 Å². The fourth-order valence-corrected chi connectivity index (χ4v) is 8.95. The summed E-state index contributed by atoms with van der Waals surface area (Å²) >= 11 is 6.05. The van der Waals surface area contributed by atoms with Crippen LogP contribution < -0.4 is 25.1 Å². The van der Waals surface area contributed by atoms with Crippen molar-refractivity contribution in [1.82, 2.24) is 14.5 Å². The third kappa shape index (κ3) is 6.70. The van der Waals surface area contributed by atoms with Crippen LogP contribution in [0.5, 0.6) is 11.5 Å². The fourth-order valence-electron chi connectivity index (χ4n) is 8.82. The van der Waals surface area contributed by atoms with Crippen molar-refractivity contribution in [2.24, 2.45) is 5.92 Å². The van der Waals surface area contributed by atoms with E-state index in [2.05, 4.69) is 5.32 Å². The number of ether oxygens (including phenoxy) is 4. The molecule has 2 aromatic heterocycles. The molecule has 5 aromatic rings. The van der Waals surface area contributed by atoms with Crippen molar-refractivity contribution in [3.63, 3.8) is 0 Å². The summed E-state index contributed by atoms with van der Waals surface area (Å²) < 4.78 is 42.2. The van der Waals surface area contributed by atoms with Gasteiger partial charge in [0.05, 0.1) is 37.1 Å². The number of benzene rings is 3. The summed E-state index contributed by atoms with van der Waals surface area (Å²) in [6, 6.07) is 11.9. The van der Waals surface area contributed by atoms with Crippen molar-refractivity contribution in [1.29, 1.82) is 0 Å². The van der Waals surface area contributed by atoms with E-state index >= 15 is 4.39 Å². The van der Waals surface area contributed by atoms with Gasteiger partial charge < -0.3 is 33.7 Å². The number of nitrogens with one attached hydrogen (secondary N) is 1. The van der Waals surface area contributed by atoms with E-state index in [0.29, 0.717) is 74.4 Å². The largest absolute Gasteiger partial charge is 0.497 e. The minimum absolute atomic E-state index is 0.0255. The molecular formula is C43H44ClFN4O8. The molecular weight excluding hydrogens is 755 g/mol. The quantitative estimate of drug-likeness (QED) is 0.119. The van der Waals surface area contributed by atoms with Crippen molar-refractivity contribution in [3.8, 4) is 11.5 Å². The zero-order valence-corrected chi connectivity index (χ0v) is 33.3. The van der Waals surface area contributed by atoms with Gasteiger partial charge in [-0.15, -0.1) is 0 Å². The molecule has 298 valence electrons. The highest BCUT2D eigenvalue weighted by Crippen LogP contribution is 2.47. The summed E-state index contributed by atoms with van der Waals surface area (Å²) in [5.74, 6) is -1.41. The van der Waals surface area contributed by atoms with E-state index in [-0.39, 0.29) is 46.7 Å². The Morgan fingerprint density at radius 3 is 2.39 bits per heavy atom. The molecule has 1 saturated carbocycles. The summed E-state index contributed by atoms with van der Waals surface area (Å²) in [4.78, 5) is 57.1. The second-order valence-corrected chi connectivity index (χ2v) is 15.6. The lowest BCUT2D eigenvalue weighted by molar-refractivity contribution is -0.151. The van der Waals surface area contributed by atoms with Crippen LogP contribution in [0.1, 0.15) is 75.0 Å². The lowest BCUT2D eigenvalue weighted by Crippen LogP contribution is -2.40. The zero-order valence-electron chi connectivity index (χ0n) is 32.5. The van der Waals surface area contributed by atoms with Gasteiger partial charge in [0.25, 0.3) is 5.91 Å². The number of esters is 2. The molecule has 2 unspecified atom stereocenters. The van der Waals surface area contributed by atoms with E-state index in [1.165, 1.54) is 18.8 Å². The predicted octanol–water partition coefficient (Wildman–Crippen LogP) is 6.80. The lowest BCUT2D eigenvalue weighted by atomic mass is 9.94. The Morgan fingerprint density at radius 1 is 0.947 bits per heavy atom. The molecule has 12 nitrogen and oxygen atoms in total. The van der Waals surface area contributed by atoms with Crippen LogP contribution in [0, 0.1) is 32.5 Å². The molecule has 0 amide bonds. The number of hydrogen-bond donors (Lipinski definition) is 1. The Hall–Kier alpha value is -5.40. The fraction of sp³-hybridized carbons (Fsp3) is 0.395. The molecule has 1 aliphatic carbocycles. The molecule has 2 atom stereocenters. The number of hydrogen-bond acceptors (Lipinski definition) is 10. The van der Waals surface area contributed by atoms with E-state index in [9.17, 15) is 19.2 Å². The molecule has 8 rings (SSSR count). The molecule has 3 fully saturated rings. The smallest absolute Gasteiger partial charge is 0.346 e. The summed E-state index contributed by atoms with van der Waals surface area (Å²) in [5, 5.41) is 4.72. The predicted molar refractivity (Wildman–Crippen MR) is 214 cm³/mol. The lowest BCUT2D eigenvalue weighted by Gasteiger charge is -2.27. The van der Waals surface area contributed by atoms with Crippen LogP contribution >= 0.6 is 11.6 Å². The molecule has 14 heteroatoms. The molecule has 0 bridgehead atoms. The Balaban J connectivity index is 1.06. The highest BCUT2D eigenvalue weighted by atomic mass is 35.5. The molecule has 3 aliphatic rings. The molecule has 4 heterocycles. The normalized spacial score (nSPS) is 17.8. The van der Waals surface area contributed by atoms with Crippen LogP contribution in [0.15, 0.2) is 47.3 Å². The number of methoxy groups -OCH3 is 2. The second-order valence-electron chi connectivity index (χ2n) is 15.1. The first-order valence-electron chi connectivity index (χ1n) is 19.2. The first kappa shape index (κ1) is 38.5. The van der Waals surface area contributed by atoms with E-state index < -0.39 is 30.0 Å². The monoisotopic (exact) mass is 798 g/mol. The van der Waals surface area contributed by atoms with E-state index in [1.54, 1.807) is 63.2 Å². The first-order valence-corrected chi connectivity index (χ1v) is 19.5. The van der Waals surface area contributed by atoms with Gasteiger partial charge in [-0.3, -0.25) is 19.0 Å². The van der Waals surface area contributed by atoms with Crippen molar-refractivity contribution in [2.75, 3.05) is 45.5 Å². The van der Waals surface area contributed by atoms with Gasteiger partial charge in [-0.1, -0.05) is 11.6 Å². The Bertz CT molecular complexity index is 2510.